The average Bonchev–Trinajstić information content (AvgIpc) is 3.44. The van der Waals surface area contributed by atoms with Crippen molar-refractivity contribution in [2.75, 3.05) is 25.1 Å². The van der Waals surface area contributed by atoms with E-state index in [9.17, 15) is 19.5 Å². The number of nitrogens with zero attached hydrogens (tertiary/aromatic N) is 1. The first-order chi connectivity index (χ1) is 21.3. The van der Waals surface area contributed by atoms with E-state index < -0.39 is 12.0 Å². The molecule has 3 atom stereocenters. The Kier molecular flexibility index (Phi) is 12.3. The summed E-state index contributed by atoms with van der Waals surface area (Å²) in [5, 5.41) is 19.0. The number of rotatable bonds is 17. The molecular formula is C35H44N4O4S. The highest BCUT2D eigenvalue weighted by Crippen LogP contribution is 2.21. The summed E-state index contributed by atoms with van der Waals surface area (Å²) in [5.74, 6) is -0.609. The monoisotopic (exact) mass is 616 g/mol. The molecule has 2 amide bonds. The molecule has 8 nitrogen and oxygen atoms in total. The number of fused-ring (bicyclic) bond motifs is 2. The van der Waals surface area contributed by atoms with E-state index in [1.807, 2.05) is 47.6 Å². The zero-order valence-electron chi connectivity index (χ0n) is 25.8. The highest BCUT2D eigenvalue weighted by molar-refractivity contribution is 7.98. The van der Waals surface area contributed by atoms with Gasteiger partial charge in [-0.3, -0.25) is 14.5 Å². The Bertz CT molecular complexity index is 1520. The van der Waals surface area contributed by atoms with Crippen LogP contribution in [-0.4, -0.2) is 70.0 Å². The molecule has 1 aromatic heterocycles. The van der Waals surface area contributed by atoms with Crippen molar-refractivity contribution in [3.05, 3.63) is 84.1 Å². The van der Waals surface area contributed by atoms with Gasteiger partial charge in [0.2, 0.25) is 11.8 Å². The summed E-state index contributed by atoms with van der Waals surface area (Å²) in [5.41, 5.74) is 3.15. The van der Waals surface area contributed by atoms with Gasteiger partial charge in [-0.15, -0.1) is 0 Å². The van der Waals surface area contributed by atoms with Crippen LogP contribution in [0.4, 0.5) is 0 Å². The van der Waals surface area contributed by atoms with E-state index in [4.69, 9.17) is 0 Å². The highest BCUT2D eigenvalue weighted by Gasteiger charge is 2.25. The number of benzene rings is 3. The highest BCUT2D eigenvalue weighted by atomic mass is 32.2. The molecule has 234 valence electrons. The molecule has 0 saturated heterocycles. The minimum atomic E-state index is -1.03. The third kappa shape index (κ3) is 9.34. The molecule has 9 heteroatoms. The number of aromatic nitrogens is 1. The van der Waals surface area contributed by atoms with Crippen LogP contribution in [0.15, 0.2) is 72.8 Å². The summed E-state index contributed by atoms with van der Waals surface area (Å²) in [6.07, 6.45) is 4.07. The van der Waals surface area contributed by atoms with Crippen molar-refractivity contribution < 1.29 is 19.5 Å². The normalized spacial score (nSPS) is 13.5. The number of aliphatic carboxylic acids is 1. The van der Waals surface area contributed by atoms with Gasteiger partial charge >= 0.3 is 5.97 Å². The number of carboxylic acids is 1. The second-order valence-corrected chi connectivity index (χ2v) is 12.5. The molecule has 3 unspecified atom stereocenters. The van der Waals surface area contributed by atoms with Gasteiger partial charge in [0.25, 0.3) is 0 Å². The third-order valence-electron chi connectivity index (χ3n) is 8.22. The molecule has 0 aliphatic carbocycles. The van der Waals surface area contributed by atoms with Crippen LogP contribution in [0, 0.1) is 5.92 Å². The third-order valence-corrected chi connectivity index (χ3v) is 8.87. The number of amides is 2. The number of nitrogens with one attached hydrogen (secondary N) is 3. The number of carboxylic acid groups (broad SMARTS) is 1. The molecule has 4 N–H and O–H groups in total. The zero-order chi connectivity index (χ0) is 31.5. The van der Waals surface area contributed by atoms with Gasteiger partial charge in [0.15, 0.2) is 0 Å². The van der Waals surface area contributed by atoms with Crippen LogP contribution in [0.5, 0.6) is 0 Å². The largest absolute Gasteiger partial charge is 0.480 e. The van der Waals surface area contributed by atoms with E-state index in [1.165, 1.54) is 0 Å². The smallest absolute Gasteiger partial charge is 0.326 e. The summed E-state index contributed by atoms with van der Waals surface area (Å²) in [7, 11) is 0. The average molecular weight is 617 g/mol. The second kappa shape index (κ2) is 16.3. The number of thioether (sulfide) groups is 1. The maximum absolute atomic E-state index is 13.2. The summed E-state index contributed by atoms with van der Waals surface area (Å²) in [4.78, 5) is 43.7. The Hall–Kier alpha value is -3.82. The molecule has 0 radical (unpaired) electrons. The Morgan fingerprint density at radius 3 is 2.41 bits per heavy atom. The molecular weight excluding hydrogens is 572 g/mol. The van der Waals surface area contributed by atoms with E-state index in [1.54, 1.807) is 11.8 Å². The number of H-pyrrole nitrogens is 1. The number of aryl methyl sites for hydroxylation is 1. The van der Waals surface area contributed by atoms with Crippen molar-refractivity contribution in [2.24, 2.45) is 5.92 Å². The Morgan fingerprint density at radius 1 is 0.955 bits per heavy atom. The van der Waals surface area contributed by atoms with Crippen LogP contribution in [-0.2, 0) is 27.3 Å². The maximum Gasteiger partial charge on any atom is 0.326 e. The number of hydrogen-bond acceptors (Lipinski definition) is 5. The molecule has 0 saturated carbocycles. The van der Waals surface area contributed by atoms with Gasteiger partial charge in [0.1, 0.15) is 6.04 Å². The number of aromatic amines is 1. The second-order valence-electron chi connectivity index (χ2n) is 11.5. The fraction of sp³-hybridized carbons (Fsp3) is 0.400. The molecule has 0 bridgehead atoms. The molecule has 4 aromatic rings. The van der Waals surface area contributed by atoms with Gasteiger partial charge < -0.3 is 20.7 Å². The first-order valence-corrected chi connectivity index (χ1v) is 16.7. The summed E-state index contributed by atoms with van der Waals surface area (Å²) >= 11 is 1.55. The number of para-hydroxylation sites is 1. The van der Waals surface area contributed by atoms with E-state index in [2.05, 4.69) is 65.9 Å². The minimum absolute atomic E-state index is 0.0180. The number of carbonyl (C=O) groups is 3. The van der Waals surface area contributed by atoms with Crippen molar-refractivity contribution in [1.29, 1.82) is 0 Å². The summed E-state index contributed by atoms with van der Waals surface area (Å²) in [6, 6.07) is 23.3. The quantitative estimate of drug-likeness (QED) is 0.123. The van der Waals surface area contributed by atoms with Gasteiger partial charge in [-0.05, 0) is 64.6 Å². The van der Waals surface area contributed by atoms with Gasteiger partial charge in [0, 0.05) is 36.8 Å². The van der Waals surface area contributed by atoms with Crippen LogP contribution >= 0.6 is 11.8 Å². The number of hydrogen-bond donors (Lipinski definition) is 4. The topological polar surface area (TPSA) is 115 Å². The van der Waals surface area contributed by atoms with E-state index in [0.29, 0.717) is 38.1 Å². The summed E-state index contributed by atoms with van der Waals surface area (Å²) in [6.45, 7) is 5.16. The van der Waals surface area contributed by atoms with Crippen LogP contribution in [0.3, 0.4) is 0 Å². The molecule has 4 rings (SSSR count). The summed E-state index contributed by atoms with van der Waals surface area (Å²) < 4.78 is 0. The zero-order valence-corrected chi connectivity index (χ0v) is 26.7. The number of carbonyl (C=O) groups excluding carboxylic acids is 2. The van der Waals surface area contributed by atoms with E-state index in [-0.39, 0.29) is 30.3 Å². The van der Waals surface area contributed by atoms with Gasteiger partial charge in [-0.25, -0.2) is 4.79 Å². The Balaban J connectivity index is 1.49. The van der Waals surface area contributed by atoms with Gasteiger partial charge in [0.05, 0.1) is 6.54 Å². The van der Waals surface area contributed by atoms with Crippen LogP contribution < -0.4 is 10.6 Å². The first-order valence-electron chi connectivity index (χ1n) is 15.3. The van der Waals surface area contributed by atoms with Crippen molar-refractivity contribution in [3.8, 4) is 0 Å². The van der Waals surface area contributed by atoms with Crippen LogP contribution in [0.25, 0.3) is 21.7 Å². The Labute approximate surface area is 264 Å². The lowest BCUT2D eigenvalue weighted by Gasteiger charge is -2.31. The molecule has 0 aliphatic rings. The van der Waals surface area contributed by atoms with Gasteiger partial charge in [-0.1, -0.05) is 80.9 Å². The molecule has 0 spiro atoms. The van der Waals surface area contributed by atoms with Crippen LogP contribution in [0.2, 0.25) is 0 Å². The maximum atomic E-state index is 13.2. The predicted octanol–water partition coefficient (Wildman–Crippen LogP) is 5.61. The Morgan fingerprint density at radius 2 is 1.68 bits per heavy atom. The lowest BCUT2D eigenvalue weighted by Crippen LogP contribution is -2.51. The lowest BCUT2D eigenvalue weighted by molar-refractivity contribution is -0.142. The standard InChI is InChI=1S/C35H44N4O4S/c1-4-24(2)32(38-33(40)17-16-28-20-26-11-6-8-15-30(26)36-28)22-39(23-34(41)37-31(35(42)43)18-19-44-3)21-27-13-9-12-25-10-5-7-14-29(25)27/h5-15,20,24,31-32,36H,4,16-19,21-23H2,1-3H3,(H,37,41)(H,38,40)(H,42,43). The molecule has 1 heterocycles. The van der Waals surface area contributed by atoms with Crippen molar-refractivity contribution in [2.45, 2.75) is 58.2 Å². The van der Waals surface area contributed by atoms with Crippen molar-refractivity contribution in [1.82, 2.24) is 20.5 Å². The van der Waals surface area contributed by atoms with E-state index in [0.717, 1.165) is 39.4 Å². The first kappa shape index (κ1) is 33.1. The molecule has 3 aromatic carbocycles. The van der Waals surface area contributed by atoms with Crippen molar-refractivity contribution >= 4 is 51.2 Å². The minimum Gasteiger partial charge on any atom is -0.480 e. The fourth-order valence-corrected chi connectivity index (χ4v) is 5.99. The van der Waals surface area contributed by atoms with Gasteiger partial charge in [-0.2, -0.15) is 11.8 Å². The lowest BCUT2D eigenvalue weighted by atomic mass is 9.97. The van der Waals surface area contributed by atoms with Crippen LogP contribution in [0.1, 0.15) is 44.4 Å². The SMILES string of the molecule is CCC(C)C(CN(CC(=O)NC(CCSC)C(=O)O)Cc1cccc2ccccc12)NC(=O)CCc1cc2ccccc2[nH]1. The molecule has 44 heavy (non-hydrogen) atoms. The fourth-order valence-electron chi connectivity index (χ4n) is 5.52. The predicted molar refractivity (Wildman–Crippen MR) is 180 cm³/mol. The van der Waals surface area contributed by atoms with Crippen molar-refractivity contribution in [3.63, 3.8) is 0 Å². The van der Waals surface area contributed by atoms with E-state index >= 15 is 0 Å². The molecule has 0 aliphatic heterocycles. The molecule has 0 fully saturated rings.